The Balaban J connectivity index is 1.32. The second-order valence-electron chi connectivity index (χ2n) is 7.81. The van der Waals surface area contributed by atoms with Crippen LogP contribution in [0.1, 0.15) is 29.5 Å². The molecule has 1 fully saturated rings. The zero-order valence-electron chi connectivity index (χ0n) is 17.8. The number of ether oxygens (including phenoxy) is 4. The maximum atomic E-state index is 6.27. The Hall–Kier alpha value is -2.50. The third-order valence-electron chi connectivity index (χ3n) is 5.41. The smallest absolute Gasteiger partial charge is 0.158 e. The molecule has 31 heavy (non-hydrogen) atoms. The lowest BCUT2D eigenvalue weighted by molar-refractivity contribution is -0.246. The van der Waals surface area contributed by atoms with E-state index in [1.165, 1.54) is 0 Å². The molecular formula is C27H30O4. The van der Waals surface area contributed by atoms with Crippen LogP contribution in [0, 0.1) is 0 Å². The third kappa shape index (κ3) is 7.01. The number of hydrogen-bond donors (Lipinski definition) is 0. The predicted octanol–water partition coefficient (Wildman–Crippen LogP) is 5.51. The van der Waals surface area contributed by atoms with Crippen LogP contribution in [0.15, 0.2) is 91.0 Å². The van der Waals surface area contributed by atoms with Gasteiger partial charge in [0.05, 0.1) is 32.5 Å². The molecule has 0 saturated carbocycles. The maximum Gasteiger partial charge on any atom is 0.158 e. The number of hydrogen-bond acceptors (Lipinski definition) is 4. The van der Waals surface area contributed by atoms with Gasteiger partial charge in [0.2, 0.25) is 0 Å². The van der Waals surface area contributed by atoms with Crippen LogP contribution >= 0.6 is 0 Å². The predicted molar refractivity (Wildman–Crippen MR) is 120 cm³/mol. The van der Waals surface area contributed by atoms with Crippen molar-refractivity contribution < 1.29 is 18.9 Å². The summed E-state index contributed by atoms with van der Waals surface area (Å²) < 4.78 is 24.5. The molecule has 0 bridgehead atoms. The van der Waals surface area contributed by atoms with E-state index in [4.69, 9.17) is 18.9 Å². The molecule has 1 aliphatic heterocycles. The van der Waals surface area contributed by atoms with E-state index in [-0.39, 0.29) is 18.5 Å². The normalized spacial score (nSPS) is 21.1. The van der Waals surface area contributed by atoms with Gasteiger partial charge in [0.15, 0.2) is 6.29 Å². The molecule has 3 atom stereocenters. The lowest BCUT2D eigenvalue weighted by Gasteiger charge is -2.36. The summed E-state index contributed by atoms with van der Waals surface area (Å²) in [6.45, 7) is 2.14. The Kier molecular flexibility index (Phi) is 8.25. The van der Waals surface area contributed by atoms with Crippen molar-refractivity contribution in [3.8, 4) is 0 Å². The average Bonchev–Trinajstić information content (AvgIpc) is 2.84. The van der Waals surface area contributed by atoms with Gasteiger partial charge < -0.3 is 18.9 Å². The summed E-state index contributed by atoms with van der Waals surface area (Å²) in [6, 6.07) is 30.6. The van der Waals surface area contributed by atoms with Crippen LogP contribution in [0.5, 0.6) is 0 Å². The monoisotopic (exact) mass is 418 g/mol. The van der Waals surface area contributed by atoms with Crippen LogP contribution < -0.4 is 0 Å². The quantitative estimate of drug-likeness (QED) is 0.435. The van der Waals surface area contributed by atoms with Gasteiger partial charge in [-0.2, -0.15) is 0 Å². The first-order chi connectivity index (χ1) is 15.4. The van der Waals surface area contributed by atoms with Gasteiger partial charge in [0.25, 0.3) is 0 Å². The van der Waals surface area contributed by atoms with Crippen molar-refractivity contribution in [2.24, 2.45) is 0 Å². The minimum Gasteiger partial charge on any atom is -0.374 e. The zero-order chi connectivity index (χ0) is 21.1. The summed E-state index contributed by atoms with van der Waals surface area (Å²) in [5.74, 6) is 0. The highest BCUT2D eigenvalue weighted by Gasteiger charge is 2.32. The van der Waals surface area contributed by atoms with Crippen LogP contribution in [0.25, 0.3) is 0 Å². The SMILES string of the molecule is c1ccc(COC[C@H]2OC(OCc3ccccc3)CC[C@@H]2OCc2ccccc2)cc1. The Bertz CT molecular complexity index is 870. The minimum absolute atomic E-state index is 0.0208. The number of rotatable bonds is 10. The van der Waals surface area contributed by atoms with E-state index in [0.29, 0.717) is 26.4 Å². The van der Waals surface area contributed by atoms with Gasteiger partial charge in [-0.15, -0.1) is 0 Å². The van der Waals surface area contributed by atoms with E-state index < -0.39 is 0 Å². The van der Waals surface area contributed by atoms with Gasteiger partial charge in [-0.3, -0.25) is 0 Å². The van der Waals surface area contributed by atoms with Gasteiger partial charge in [-0.1, -0.05) is 91.0 Å². The summed E-state index contributed by atoms with van der Waals surface area (Å²) in [4.78, 5) is 0. The molecular weight excluding hydrogens is 388 g/mol. The van der Waals surface area contributed by atoms with Crippen molar-refractivity contribution >= 4 is 0 Å². The van der Waals surface area contributed by atoms with E-state index in [0.717, 1.165) is 29.5 Å². The fourth-order valence-corrected chi connectivity index (χ4v) is 3.70. The van der Waals surface area contributed by atoms with Crippen LogP contribution in [-0.2, 0) is 38.8 Å². The fourth-order valence-electron chi connectivity index (χ4n) is 3.70. The van der Waals surface area contributed by atoms with E-state index >= 15 is 0 Å². The molecule has 0 N–H and O–H groups in total. The van der Waals surface area contributed by atoms with E-state index in [2.05, 4.69) is 36.4 Å². The van der Waals surface area contributed by atoms with E-state index in [9.17, 15) is 0 Å². The molecule has 1 unspecified atom stereocenters. The first kappa shape index (κ1) is 21.7. The highest BCUT2D eigenvalue weighted by molar-refractivity contribution is 5.15. The van der Waals surface area contributed by atoms with Gasteiger partial charge >= 0.3 is 0 Å². The van der Waals surface area contributed by atoms with Crippen molar-refractivity contribution in [2.45, 2.75) is 51.2 Å². The van der Waals surface area contributed by atoms with Crippen LogP contribution in [0.2, 0.25) is 0 Å². The molecule has 4 nitrogen and oxygen atoms in total. The Labute approximate surface area is 184 Å². The van der Waals surface area contributed by atoms with Crippen molar-refractivity contribution in [3.05, 3.63) is 108 Å². The zero-order valence-corrected chi connectivity index (χ0v) is 17.8. The van der Waals surface area contributed by atoms with E-state index in [1.54, 1.807) is 0 Å². The Morgan fingerprint density at radius 1 is 0.613 bits per heavy atom. The van der Waals surface area contributed by atoms with E-state index in [1.807, 2.05) is 54.6 Å². The van der Waals surface area contributed by atoms with Gasteiger partial charge in [0.1, 0.15) is 6.10 Å². The highest BCUT2D eigenvalue weighted by atomic mass is 16.7. The summed E-state index contributed by atoms with van der Waals surface area (Å²) in [5.41, 5.74) is 3.45. The maximum absolute atomic E-state index is 6.27. The van der Waals surface area contributed by atoms with Crippen LogP contribution in [0.3, 0.4) is 0 Å². The molecule has 0 amide bonds. The molecule has 1 aliphatic rings. The molecule has 0 aromatic heterocycles. The second-order valence-corrected chi connectivity index (χ2v) is 7.81. The molecule has 4 heteroatoms. The first-order valence-electron chi connectivity index (χ1n) is 10.9. The molecule has 0 radical (unpaired) electrons. The van der Waals surface area contributed by atoms with Crippen LogP contribution in [0.4, 0.5) is 0 Å². The molecule has 1 heterocycles. The minimum atomic E-state index is -0.248. The summed E-state index contributed by atoms with van der Waals surface area (Å²) in [5, 5.41) is 0. The van der Waals surface area contributed by atoms with Crippen molar-refractivity contribution in [3.63, 3.8) is 0 Å². The lowest BCUT2D eigenvalue weighted by Crippen LogP contribution is -2.44. The molecule has 0 aliphatic carbocycles. The second kappa shape index (κ2) is 11.8. The first-order valence-corrected chi connectivity index (χ1v) is 10.9. The van der Waals surface area contributed by atoms with Gasteiger partial charge in [0, 0.05) is 6.42 Å². The topological polar surface area (TPSA) is 36.9 Å². The molecule has 3 aromatic rings. The molecule has 162 valence electrons. The molecule has 0 spiro atoms. The molecule has 3 aromatic carbocycles. The average molecular weight is 419 g/mol. The molecule has 1 saturated heterocycles. The fraction of sp³-hybridized carbons (Fsp3) is 0.333. The van der Waals surface area contributed by atoms with Gasteiger partial charge in [-0.25, -0.2) is 0 Å². The molecule has 4 rings (SSSR count). The van der Waals surface area contributed by atoms with Crippen molar-refractivity contribution in [1.82, 2.24) is 0 Å². The van der Waals surface area contributed by atoms with Gasteiger partial charge in [-0.05, 0) is 23.1 Å². The third-order valence-corrected chi connectivity index (χ3v) is 5.41. The standard InChI is InChI=1S/C27H30O4/c1-4-10-22(11-5-1)18-28-21-26-25(29-19-23-12-6-2-7-13-23)16-17-27(31-26)30-20-24-14-8-3-9-15-24/h1-15,25-27H,16-21H2/t25-,26+,27?/m0/s1. The lowest BCUT2D eigenvalue weighted by atomic mass is 10.0. The Morgan fingerprint density at radius 3 is 1.71 bits per heavy atom. The summed E-state index contributed by atoms with van der Waals surface area (Å²) >= 11 is 0. The summed E-state index contributed by atoms with van der Waals surface area (Å²) in [6.07, 6.45) is 1.25. The highest BCUT2D eigenvalue weighted by Crippen LogP contribution is 2.25. The van der Waals surface area contributed by atoms with Crippen molar-refractivity contribution in [1.29, 1.82) is 0 Å². The largest absolute Gasteiger partial charge is 0.374 e. The number of benzene rings is 3. The Morgan fingerprint density at radius 2 is 1.13 bits per heavy atom. The summed E-state index contributed by atoms with van der Waals surface area (Å²) in [7, 11) is 0. The van der Waals surface area contributed by atoms with Crippen molar-refractivity contribution in [2.75, 3.05) is 6.61 Å². The van der Waals surface area contributed by atoms with Crippen LogP contribution in [-0.4, -0.2) is 25.1 Å².